The highest BCUT2D eigenvalue weighted by atomic mass is 15.3. The van der Waals surface area contributed by atoms with Gasteiger partial charge in [-0.1, -0.05) is 19.3 Å². The van der Waals surface area contributed by atoms with Crippen molar-refractivity contribution in [1.29, 1.82) is 0 Å². The average Bonchev–Trinajstić information content (AvgIpc) is 2.71. The molecule has 4 rings (SSSR count). The summed E-state index contributed by atoms with van der Waals surface area (Å²) in [6, 6.07) is 0.921. The van der Waals surface area contributed by atoms with Gasteiger partial charge in [-0.2, -0.15) is 0 Å². The quantitative estimate of drug-likeness (QED) is 0.743. The zero-order valence-electron chi connectivity index (χ0n) is 14.1. The van der Waals surface area contributed by atoms with Crippen LogP contribution in [-0.2, 0) is 0 Å². The Balaban J connectivity index is 1.65. The van der Waals surface area contributed by atoms with Crippen molar-refractivity contribution in [3.63, 3.8) is 0 Å². The van der Waals surface area contributed by atoms with Crippen LogP contribution in [-0.4, -0.2) is 36.0 Å². The smallest absolute Gasteiger partial charge is 0.194 e. The topological polar surface area (TPSA) is 79.7 Å². The molecule has 2 saturated carbocycles. The first-order chi connectivity index (χ1) is 11.3. The van der Waals surface area contributed by atoms with E-state index >= 15 is 0 Å². The maximum Gasteiger partial charge on any atom is 0.194 e. The molecule has 0 aromatic heterocycles. The molecule has 0 spiro atoms. The summed E-state index contributed by atoms with van der Waals surface area (Å²) in [6.07, 6.45) is 11.7. The first-order valence-corrected chi connectivity index (χ1v) is 9.58. The van der Waals surface area contributed by atoms with Crippen LogP contribution in [0.15, 0.2) is 16.4 Å². The van der Waals surface area contributed by atoms with E-state index < -0.39 is 0 Å². The predicted molar refractivity (Wildman–Crippen MR) is 93.7 cm³/mol. The molecule has 0 radical (unpaired) electrons. The summed E-state index contributed by atoms with van der Waals surface area (Å²) in [6.45, 7) is 1.89. The lowest BCUT2D eigenvalue weighted by molar-refractivity contribution is 0.117. The molecular formula is C18H31N5. The highest BCUT2D eigenvalue weighted by Crippen LogP contribution is 2.44. The zero-order chi connectivity index (χ0) is 15.8. The van der Waals surface area contributed by atoms with Crippen molar-refractivity contribution >= 4 is 5.96 Å². The average molecular weight is 317 g/mol. The molecule has 3 fully saturated rings. The summed E-state index contributed by atoms with van der Waals surface area (Å²) >= 11 is 0. The Bertz CT molecular complexity index is 512. The van der Waals surface area contributed by atoms with E-state index in [4.69, 9.17) is 16.5 Å². The van der Waals surface area contributed by atoms with Gasteiger partial charge in [0, 0.05) is 12.6 Å². The van der Waals surface area contributed by atoms with E-state index in [0.717, 1.165) is 25.4 Å². The van der Waals surface area contributed by atoms with E-state index in [-0.39, 0.29) is 0 Å². The fraction of sp³-hybridized carbons (Fsp3) is 0.833. The number of likely N-dealkylation sites (tertiary alicyclic amines) is 1. The third-order valence-corrected chi connectivity index (χ3v) is 6.51. The normalized spacial score (nSPS) is 37.1. The van der Waals surface area contributed by atoms with E-state index in [1.54, 1.807) is 0 Å². The lowest BCUT2D eigenvalue weighted by Crippen LogP contribution is -2.55. The monoisotopic (exact) mass is 317 g/mol. The van der Waals surface area contributed by atoms with E-state index in [1.807, 2.05) is 0 Å². The van der Waals surface area contributed by atoms with Gasteiger partial charge in [-0.25, -0.2) is 4.99 Å². The molecule has 1 saturated heterocycles. The van der Waals surface area contributed by atoms with Crippen molar-refractivity contribution < 1.29 is 0 Å². The van der Waals surface area contributed by atoms with Crippen LogP contribution in [0.2, 0.25) is 0 Å². The molecule has 128 valence electrons. The van der Waals surface area contributed by atoms with Crippen LogP contribution >= 0.6 is 0 Å². The number of nitrogens with zero attached hydrogens (tertiary/aromatic N) is 2. The van der Waals surface area contributed by atoms with Crippen LogP contribution in [0.1, 0.15) is 57.8 Å². The SMILES string of the molecule is NCCC1CCN1C1=C2CCCC3CCCCC3C2N=C(N)N1. The molecule has 4 atom stereocenters. The van der Waals surface area contributed by atoms with Crippen LogP contribution in [0, 0.1) is 11.8 Å². The molecule has 23 heavy (non-hydrogen) atoms. The highest BCUT2D eigenvalue weighted by molar-refractivity contribution is 5.81. The second-order valence-electron chi connectivity index (χ2n) is 7.77. The summed E-state index contributed by atoms with van der Waals surface area (Å²) in [5.74, 6) is 3.49. The summed E-state index contributed by atoms with van der Waals surface area (Å²) in [4.78, 5) is 7.40. The van der Waals surface area contributed by atoms with Crippen LogP contribution in [0.25, 0.3) is 0 Å². The number of hydrogen-bond acceptors (Lipinski definition) is 5. The molecule has 0 amide bonds. The number of aliphatic imine (C=N–C) groups is 1. The van der Waals surface area contributed by atoms with E-state index in [9.17, 15) is 0 Å². The number of hydrogen-bond donors (Lipinski definition) is 3. The van der Waals surface area contributed by atoms with Crippen molar-refractivity contribution in [2.45, 2.75) is 69.9 Å². The summed E-state index contributed by atoms with van der Waals surface area (Å²) in [5, 5.41) is 3.42. The Morgan fingerprint density at radius 3 is 2.74 bits per heavy atom. The summed E-state index contributed by atoms with van der Waals surface area (Å²) < 4.78 is 0. The van der Waals surface area contributed by atoms with E-state index in [0.29, 0.717) is 24.0 Å². The summed E-state index contributed by atoms with van der Waals surface area (Å²) in [7, 11) is 0. The Morgan fingerprint density at radius 1 is 1.13 bits per heavy atom. The van der Waals surface area contributed by atoms with Crippen LogP contribution in [0.4, 0.5) is 0 Å². The second kappa shape index (κ2) is 6.34. The molecule has 0 bridgehead atoms. The van der Waals surface area contributed by atoms with E-state index in [2.05, 4.69) is 10.2 Å². The minimum absolute atomic E-state index is 0.332. The minimum atomic E-state index is 0.332. The van der Waals surface area contributed by atoms with Crippen molar-refractivity contribution in [3.8, 4) is 0 Å². The van der Waals surface area contributed by atoms with Crippen molar-refractivity contribution in [1.82, 2.24) is 10.2 Å². The number of nitrogens with one attached hydrogen (secondary N) is 1. The maximum atomic E-state index is 6.19. The third-order valence-electron chi connectivity index (χ3n) is 6.51. The second-order valence-corrected chi connectivity index (χ2v) is 7.77. The van der Waals surface area contributed by atoms with Gasteiger partial charge in [0.15, 0.2) is 5.96 Å². The molecule has 4 unspecified atom stereocenters. The Hall–Kier alpha value is -1.23. The maximum absolute atomic E-state index is 6.19. The first kappa shape index (κ1) is 15.3. The van der Waals surface area contributed by atoms with Gasteiger partial charge in [0.2, 0.25) is 0 Å². The van der Waals surface area contributed by atoms with Gasteiger partial charge in [-0.15, -0.1) is 0 Å². The van der Waals surface area contributed by atoms with Gasteiger partial charge < -0.3 is 21.7 Å². The zero-order valence-corrected chi connectivity index (χ0v) is 14.1. The standard InChI is InChI=1S/C18H31N5/c19-10-8-13-9-11-23(13)17-15-7-3-5-12-4-1-2-6-14(12)16(15)21-18(20)22-17/h12-14,16H,1-11,19H2,(H3,20,21,22). The van der Waals surface area contributed by atoms with Gasteiger partial charge in [0.05, 0.1) is 6.04 Å². The third kappa shape index (κ3) is 2.73. The fourth-order valence-corrected chi connectivity index (χ4v) is 5.27. The fourth-order valence-electron chi connectivity index (χ4n) is 5.27. The van der Waals surface area contributed by atoms with Crippen LogP contribution in [0.3, 0.4) is 0 Å². The summed E-state index contributed by atoms with van der Waals surface area (Å²) in [5.41, 5.74) is 13.5. The molecule has 2 aliphatic heterocycles. The predicted octanol–water partition coefficient (Wildman–Crippen LogP) is 1.90. The molecular weight excluding hydrogens is 286 g/mol. The van der Waals surface area contributed by atoms with Crippen molar-refractivity contribution in [3.05, 3.63) is 11.4 Å². The first-order valence-electron chi connectivity index (χ1n) is 9.58. The number of fused-ring (bicyclic) bond motifs is 3. The highest BCUT2D eigenvalue weighted by Gasteiger charge is 2.41. The van der Waals surface area contributed by atoms with Crippen LogP contribution in [0.5, 0.6) is 0 Å². The molecule has 0 aromatic carbocycles. The van der Waals surface area contributed by atoms with Crippen LogP contribution < -0.4 is 16.8 Å². The Labute approximate surface area is 139 Å². The van der Waals surface area contributed by atoms with Gasteiger partial charge in [-0.05, 0) is 62.5 Å². The Morgan fingerprint density at radius 2 is 1.96 bits per heavy atom. The molecule has 5 N–H and O–H groups in total. The number of rotatable bonds is 3. The van der Waals surface area contributed by atoms with Gasteiger partial charge >= 0.3 is 0 Å². The molecule has 4 aliphatic rings. The largest absolute Gasteiger partial charge is 0.370 e. The van der Waals surface area contributed by atoms with E-state index in [1.165, 1.54) is 62.8 Å². The number of guanidine groups is 1. The van der Waals surface area contributed by atoms with Crippen molar-refractivity contribution in [2.75, 3.05) is 13.1 Å². The molecule has 5 heteroatoms. The molecule has 5 nitrogen and oxygen atoms in total. The van der Waals surface area contributed by atoms with Crippen molar-refractivity contribution in [2.24, 2.45) is 28.3 Å². The minimum Gasteiger partial charge on any atom is -0.370 e. The van der Waals surface area contributed by atoms with Gasteiger partial charge in [0.25, 0.3) is 0 Å². The Kier molecular flexibility index (Phi) is 4.22. The molecule has 2 aliphatic carbocycles. The molecule has 2 heterocycles. The number of nitrogens with two attached hydrogens (primary N) is 2. The lowest BCUT2D eigenvalue weighted by Gasteiger charge is -2.47. The molecule has 0 aromatic rings. The lowest BCUT2D eigenvalue weighted by atomic mass is 9.73. The van der Waals surface area contributed by atoms with Gasteiger partial charge in [-0.3, -0.25) is 0 Å². The van der Waals surface area contributed by atoms with Gasteiger partial charge in [0.1, 0.15) is 5.82 Å².